The smallest absolute Gasteiger partial charge is 0.237 e. The van der Waals surface area contributed by atoms with Gasteiger partial charge in [0.05, 0.1) is 12.6 Å². The standard InChI is InChI=1S/C16H26N2O3/c1-3-16(4-2,11-19)10-18-15(21)14(17)9-12-5-7-13(20)8-6-12/h5-8,14,19-20H,3-4,9-11,17H2,1-2H3,(H,18,21)/t14-/m1/s1. The summed E-state index contributed by atoms with van der Waals surface area (Å²) in [4.78, 5) is 12.0. The molecule has 0 aliphatic carbocycles. The van der Waals surface area contributed by atoms with E-state index in [0.717, 1.165) is 18.4 Å². The first kappa shape index (κ1) is 17.5. The van der Waals surface area contributed by atoms with E-state index in [2.05, 4.69) is 5.32 Å². The van der Waals surface area contributed by atoms with Gasteiger partial charge >= 0.3 is 0 Å². The molecule has 0 bridgehead atoms. The lowest BCUT2D eigenvalue weighted by Gasteiger charge is -2.30. The van der Waals surface area contributed by atoms with Crippen LogP contribution in [0.25, 0.3) is 0 Å². The van der Waals surface area contributed by atoms with Crippen molar-refractivity contribution in [2.45, 2.75) is 39.2 Å². The number of hydrogen-bond donors (Lipinski definition) is 4. The van der Waals surface area contributed by atoms with Gasteiger partial charge in [-0.25, -0.2) is 0 Å². The second-order valence-electron chi connectivity index (χ2n) is 5.56. The Labute approximate surface area is 126 Å². The third kappa shape index (κ3) is 5.02. The summed E-state index contributed by atoms with van der Waals surface area (Å²) in [5, 5.41) is 21.5. The van der Waals surface area contributed by atoms with Crippen LogP contribution in [-0.2, 0) is 11.2 Å². The number of nitrogens with two attached hydrogens (primary N) is 1. The molecule has 0 heterocycles. The number of carbonyl (C=O) groups excluding carboxylic acids is 1. The molecule has 0 radical (unpaired) electrons. The van der Waals surface area contributed by atoms with E-state index < -0.39 is 6.04 Å². The maximum atomic E-state index is 12.0. The lowest BCUT2D eigenvalue weighted by molar-refractivity contribution is -0.123. The van der Waals surface area contributed by atoms with Gasteiger partial charge in [0, 0.05) is 12.0 Å². The summed E-state index contributed by atoms with van der Waals surface area (Å²) in [5.41, 5.74) is 6.53. The van der Waals surface area contributed by atoms with E-state index in [0.29, 0.717) is 13.0 Å². The van der Waals surface area contributed by atoms with E-state index >= 15 is 0 Å². The Morgan fingerprint density at radius 3 is 2.33 bits per heavy atom. The zero-order valence-corrected chi connectivity index (χ0v) is 12.8. The predicted molar refractivity (Wildman–Crippen MR) is 82.9 cm³/mol. The van der Waals surface area contributed by atoms with Crippen LogP contribution in [0.3, 0.4) is 0 Å². The van der Waals surface area contributed by atoms with Crippen LogP contribution >= 0.6 is 0 Å². The molecular weight excluding hydrogens is 268 g/mol. The summed E-state index contributed by atoms with van der Waals surface area (Å²) in [6.07, 6.45) is 2.01. The summed E-state index contributed by atoms with van der Waals surface area (Å²) in [6, 6.07) is 6.01. The van der Waals surface area contributed by atoms with Crippen molar-refractivity contribution in [3.8, 4) is 5.75 Å². The predicted octanol–water partition coefficient (Wildman–Crippen LogP) is 1.18. The van der Waals surface area contributed by atoms with Gasteiger partial charge in [-0.2, -0.15) is 0 Å². The highest BCUT2D eigenvalue weighted by atomic mass is 16.3. The summed E-state index contributed by atoms with van der Waals surface area (Å²) < 4.78 is 0. The molecule has 1 aromatic rings. The number of rotatable bonds is 8. The van der Waals surface area contributed by atoms with E-state index in [-0.39, 0.29) is 23.7 Å². The van der Waals surface area contributed by atoms with E-state index in [1.54, 1.807) is 24.3 Å². The molecule has 21 heavy (non-hydrogen) atoms. The highest BCUT2D eigenvalue weighted by molar-refractivity contribution is 5.81. The first-order valence-corrected chi connectivity index (χ1v) is 7.38. The van der Waals surface area contributed by atoms with Crippen molar-refractivity contribution in [3.05, 3.63) is 29.8 Å². The zero-order chi connectivity index (χ0) is 15.9. The summed E-state index contributed by atoms with van der Waals surface area (Å²) in [7, 11) is 0. The normalized spacial score (nSPS) is 13.0. The van der Waals surface area contributed by atoms with Gasteiger partial charge in [-0.15, -0.1) is 0 Å². The second kappa shape index (κ2) is 8.00. The minimum atomic E-state index is -0.639. The molecular formula is C16H26N2O3. The number of amides is 1. The van der Waals surface area contributed by atoms with Crippen molar-refractivity contribution in [2.75, 3.05) is 13.2 Å². The molecule has 0 aliphatic rings. The van der Waals surface area contributed by atoms with Gasteiger partial charge in [0.2, 0.25) is 5.91 Å². The minimum Gasteiger partial charge on any atom is -0.508 e. The van der Waals surface area contributed by atoms with Crippen LogP contribution in [0.2, 0.25) is 0 Å². The van der Waals surface area contributed by atoms with Crippen LogP contribution in [-0.4, -0.2) is 35.3 Å². The number of aliphatic hydroxyl groups is 1. The van der Waals surface area contributed by atoms with E-state index in [1.165, 1.54) is 0 Å². The Hall–Kier alpha value is -1.59. The molecule has 0 spiro atoms. The number of phenols is 1. The summed E-state index contributed by atoms with van der Waals surface area (Å²) >= 11 is 0. The van der Waals surface area contributed by atoms with Crippen molar-refractivity contribution in [1.82, 2.24) is 5.32 Å². The Balaban J connectivity index is 2.53. The van der Waals surface area contributed by atoms with Crippen LogP contribution < -0.4 is 11.1 Å². The topological polar surface area (TPSA) is 95.6 Å². The average Bonchev–Trinajstić information content (AvgIpc) is 2.51. The Morgan fingerprint density at radius 1 is 1.29 bits per heavy atom. The van der Waals surface area contributed by atoms with Crippen LogP contribution in [0, 0.1) is 5.41 Å². The van der Waals surface area contributed by atoms with Crippen molar-refractivity contribution < 1.29 is 15.0 Å². The van der Waals surface area contributed by atoms with Gasteiger partial charge in [0.25, 0.3) is 0 Å². The van der Waals surface area contributed by atoms with Gasteiger partial charge in [0.15, 0.2) is 0 Å². The number of carbonyl (C=O) groups is 1. The zero-order valence-electron chi connectivity index (χ0n) is 12.8. The number of benzene rings is 1. The number of aliphatic hydroxyl groups excluding tert-OH is 1. The fraction of sp³-hybridized carbons (Fsp3) is 0.562. The SMILES string of the molecule is CCC(CC)(CO)CNC(=O)[C@H](N)Cc1ccc(O)cc1. The van der Waals surface area contributed by atoms with Gasteiger partial charge in [-0.3, -0.25) is 4.79 Å². The van der Waals surface area contributed by atoms with Crippen LogP contribution in [0.4, 0.5) is 0 Å². The average molecular weight is 294 g/mol. The number of aromatic hydroxyl groups is 1. The fourth-order valence-electron chi connectivity index (χ4n) is 2.16. The number of nitrogens with one attached hydrogen (secondary N) is 1. The lowest BCUT2D eigenvalue weighted by Crippen LogP contribution is -2.47. The van der Waals surface area contributed by atoms with Gasteiger partial charge in [-0.1, -0.05) is 26.0 Å². The highest BCUT2D eigenvalue weighted by Crippen LogP contribution is 2.24. The Bertz CT molecular complexity index is 433. The molecule has 1 aromatic carbocycles. The quantitative estimate of drug-likeness (QED) is 0.579. The fourth-order valence-corrected chi connectivity index (χ4v) is 2.16. The van der Waals surface area contributed by atoms with Gasteiger partial charge in [0.1, 0.15) is 5.75 Å². The molecule has 0 unspecified atom stereocenters. The minimum absolute atomic E-state index is 0.0491. The monoisotopic (exact) mass is 294 g/mol. The number of hydrogen-bond acceptors (Lipinski definition) is 4. The van der Waals surface area contributed by atoms with E-state index in [9.17, 15) is 15.0 Å². The summed E-state index contributed by atoms with van der Waals surface area (Å²) in [5.74, 6) is -0.0295. The van der Waals surface area contributed by atoms with Gasteiger partial charge in [-0.05, 0) is 37.0 Å². The maximum Gasteiger partial charge on any atom is 0.237 e. The van der Waals surface area contributed by atoms with Gasteiger partial charge < -0.3 is 21.3 Å². The van der Waals surface area contributed by atoms with E-state index in [1.807, 2.05) is 13.8 Å². The molecule has 5 nitrogen and oxygen atoms in total. The van der Waals surface area contributed by atoms with Crippen molar-refractivity contribution in [1.29, 1.82) is 0 Å². The van der Waals surface area contributed by atoms with E-state index in [4.69, 9.17) is 5.73 Å². The van der Waals surface area contributed by atoms with Crippen LogP contribution in [0.1, 0.15) is 32.3 Å². The number of phenolic OH excluding ortho intramolecular Hbond substituents is 1. The second-order valence-corrected chi connectivity index (χ2v) is 5.56. The molecule has 0 saturated heterocycles. The Morgan fingerprint density at radius 2 is 1.86 bits per heavy atom. The molecule has 0 aliphatic heterocycles. The van der Waals surface area contributed by atoms with Crippen molar-refractivity contribution in [2.24, 2.45) is 11.1 Å². The molecule has 118 valence electrons. The molecule has 1 atom stereocenters. The molecule has 1 amide bonds. The molecule has 5 heteroatoms. The largest absolute Gasteiger partial charge is 0.508 e. The molecule has 0 fully saturated rings. The van der Waals surface area contributed by atoms with Crippen LogP contribution in [0.5, 0.6) is 5.75 Å². The molecule has 0 aromatic heterocycles. The third-order valence-corrected chi connectivity index (χ3v) is 4.20. The molecule has 1 rings (SSSR count). The first-order chi connectivity index (χ1) is 9.96. The lowest BCUT2D eigenvalue weighted by atomic mass is 9.83. The highest BCUT2D eigenvalue weighted by Gasteiger charge is 2.26. The molecule has 0 saturated carbocycles. The molecule has 5 N–H and O–H groups in total. The summed E-state index contributed by atoms with van der Waals surface area (Å²) in [6.45, 7) is 4.48. The van der Waals surface area contributed by atoms with Crippen molar-refractivity contribution in [3.63, 3.8) is 0 Å². The first-order valence-electron chi connectivity index (χ1n) is 7.38. The maximum absolute atomic E-state index is 12.0. The Kier molecular flexibility index (Phi) is 6.65. The third-order valence-electron chi connectivity index (χ3n) is 4.20. The van der Waals surface area contributed by atoms with Crippen LogP contribution in [0.15, 0.2) is 24.3 Å². The van der Waals surface area contributed by atoms with Crippen molar-refractivity contribution >= 4 is 5.91 Å².